The van der Waals surface area contributed by atoms with E-state index >= 15 is 0 Å². The number of ether oxygens (including phenoxy) is 1. The van der Waals surface area contributed by atoms with Gasteiger partial charge in [-0.25, -0.2) is 4.79 Å². The number of rotatable bonds is 3. The lowest BCUT2D eigenvalue weighted by atomic mass is 10.2. The number of nitrogens with zero attached hydrogens (tertiary/aromatic N) is 1. The molecule has 0 aliphatic carbocycles. The zero-order chi connectivity index (χ0) is 9.84. The van der Waals surface area contributed by atoms with Gasteiger partial charge in [0.25, 0.3) is 0 Å². The van der Waals surface area contributed by atoms with E-state index < -0.39 is 12.2 Å². The van der Waals surface area contributed by atoms with Crippen LogP contribution >= 0.6 is 0 Å². The molecule has 1 fully saturated rings. The molecular formula is C7H13N3O3. The van der Waals surface area contributed by atoms with Crippen molar-refractivity contribution in [3.8, 4) is 0 Å². The monoisotopic (exact) mass is 187 g/mol. The summed E-state index contributed by atoms with van der Waals surface area (Å²) in [5.41, 5.74) is 5.59. The average molecular weight is 187 g/mol. The van der Waals surface area contributed by atoms with E-state index in [1.54, 1.807) is 7.11 Å². The molecule has 1 aliphatic heterocycles. The number of imide groups is 1. The molecule has 0 bridgehead atoms. The molecule has 1 saturated heterocycles. The van der Waals surface area contributed by atoms with Crippen molar-refractivity contribution in [3.05, 3.63) is 0 Å². The third-order valence-corrected chi connectivity index (χ3v) is 1.84. The fraction of sp³-hybridized carbons (Fsp3) is 0.714. The maximum atomic E-state index is 11.2. The van der Waals surface area contributed by atoms with E-state index in [2.05, 4.69) is 5.32 Å². The molecule has 13 heavy (non-hydrogen) atoms. The summed E-state index contributed by atoms with van der Waals surface area (Å²) in [7, 11) is 1.54. The summed E-state index contributed by atoms with van der Waals surface area (Å²) in [5.74, 6) is -0.328. The molecule has 1 aliphatic rings. The highest BCUT2D eigenvalue weighted by Gasteiger charge is 2.29. The SMILES string of the molecule is COCCN1C(=O)NC(=O)CC1N. The van der Waals surface area contributed by atoms with Crippen molar-refractivity contribution in [2.45, 2.75) is 12.6 Å². The molecule has 0 aromatic rings. The molecule has 0 radical (unpaired) electrons. The van der Waals surface area contributed by atoms with E-state index in [1.807, 2.05) is 0 Å². The van der Waals surface area contributed by atoms with Gasteiger partial charge in [-0.2, -0.15) is 0 Å². The maximum Gasteiger partial charge on any atom is 0.325 e. The number of carbonyl (C=O) groups is 2. The maximum absolute atomic E-state index is 11.2. The number of amides is 3. The molecule has 1 unspecified atom stereocenters. The van der Waals surface area contributed by atoms with Crippen LogP contribution in [0.25, 0.3) is 0 Å². The zero-order valence-corrected chi connectivity index (χ0v) is 7.45. The van der Waals surface area contributed by atoms with Crippen LogP contribution in [0.2, 0.25) is 0 Å². The Morgan fingerprint density at radius 1 is 1.69 bits per heavy atom. The molecule has 1 atom stereocenters. The van der Waals surface area contributed by atoms with E-state index in [9.17, 15) is 9.59 Å². The number of hydrogen-bond donors (Lipinski definition) is 2. The second kappa shape index (κ2) is 4.20. The van der Waals surface area contributed by atoms with Gasteiger partial charge in [0.1, 0.15) is 0 Å². The summed E-state index contributed by atoms with van der Waals surface area (Å²) in [5, 5.41) is 2.18. The smallest absolute Gasteiger partial charge is 0.325 e. The van der Waals surface area contributed by atoms with Gasteiger partial charge in [-0.15, -0.1) is 0 Å². The summed E-state index contributed by atoms with van der Waals surface area (Å²) in [6.45, 7) is 0.812. The number of hydrogen-bond acceptors (Lipinski definition) is 4. The molecule has 74 valence electrons. The largest absolute Gasteiger partial charge is 0.383 e. The predicted octanol–water partition coefficient (Wildman–Crippen LogP) is -1.14. The van der Waals surface area contributed by atoms with Crippen LogP contribution < -0.4 is 11.1 Å². The Hall–Kier alpha value is -1.14. The molecule has 6 heteroatoms. The van der Waals surface area contributed by atoms with Crippen LogP contribution in [0.1, 0.15) is 6.42 Å². The van der Waals surface area contributed by atoms with E-state index in [-0.39, 0.29) is 12.3 Å². The Labute approximate surface area is 76.0 Å². The van der Waals surface area contributed by atoms with Crippen LogP contribution in [-0.4, -0.2) is 43.3 Å². The van der Waals surface area contributed by atoms with Gasteiger partial charge in [0.15, 0.2) is 0 Å². The van der Waals surface area contributed by atoms with Crippen molar-refractivity contribution < 1.29 is 14.3 Å². The summed E-state index contributed by atoms with van der Waals surface area (Å²) < 4.78 is 4.81. The van der Waals surface area contributed by atoms with Crippen LogP contribution in [0.5, 0.6) is 0 Å². The molecule has 0 aromatic heterocycles. The topological polar surface area (TPSA) is 84.7 Å². The van der Waals surface area contributed by atoms with E-state index in [1.165, 1.54) is 4.90 Å². The Kier molecular flexibility index (Phi) is 3.21. The van der Waals surface area contributed by atoms with Gasteiger partial charge in [-0.05, 0) is 0 Å². The van der Waals surface area contributed by atoms with Gasteiger partial charge < -0.3 is 15.4 Å². The summed E-state index contributed by atoms with van der Waals surface area (Å²) >= 11 is 0. The Balaban J connectivity index is 2.51. The lowest BCUT2D eigenvalue weighted by molar-refractivity contribution is -0.122. The predicted molar refractivity (Wildman–Crippen MR) is 44.7 cm³/mol. The van der Waals surface area contributed by atoms with Gasteiger partial charge >= 0.3 is 6.03 Å². The first-order valence-corrected chi connectivity index (χ1v) is 4.00. The lowest BCUT2D eigenvalue weighted by Crippen LogP contribution is -2.58. The van der Waals surface area contributed by atoms with Gasteiger partial charge in [0.2, 0.25) is 5.91 Å². The van der Waals surface area contributed by atoms with Gasteiger partial charge in [0, 0.05) is 13.7 Å². The molecule has 6 nitrogen and oxygen atoms in total. The Bertz CT molecular complexity index is 219. The third-order valence-electron chi connectivity index (χ3n) is 1.84. The average Bonchev–Trinajstić information content (AvgIpc) is 2.02. The van der Waals surface area contributed by atoms with Crippen LogP contribution in [0.4, 0.5) is 4.79 Å². The number of methoxy groups -OCH3 is 1. The Morgan fingerprint density at radius 2 is 2.38 bits per heavy atom. The van der Waals surface area contributed by atoms with Crippen molar-refractivity contribution in [2.75, 3.05) is 20.3 Å². The standard InChI is InChI=1S/C7H13N3O3/c1-13-3-2-10-5(8)4-6(11)9-7(10)12/h5H,2-4,8H2,1H3,(H,9,11,12). The first kappa shape index (κ1) is 9.94. The number of carbonyl (C=O) groups excluding carboxylic acids is 2. The molecule has 3 N–H and O–H groups in total. The summed E-state index contributed by atoms with van der Waals surface area (Å²) in [6.07, 6.45) is -0.383. The fourth-order valence-electron chi connectivity index (χ4n) is 1.15. The van der Waals surface area contributed by atoms with Crippen molar-refractivity contribution in [3.63, 3.8) is 0 Å². The molecule has 1 rings (SSSR count). The number of urea groups is 1. The molecule has 3 amide bonds. The second-order valence-electron chi connectivity index (χ2n) is 2.81. The normalized spacial score (nSPS) is 23.2. The van der Waals surface area contributed by atoms with Crippen LogP contribution in [0.15, 0.2) is 0 Å². The quantitative estimate of drug-likeness (QED) is 0.585. The summed E-state index contributed by atoms with van der Waals surface area (Å²) in [6, 6.07) is -0.444. The highest BCUT2D eigenvalue weighted by Crippen LogP contribution is 2.04. The highest BCUT2D eigenvalue weighted by atomic mass is 16.5. The van der Waals surface area contributed by atoms with Gasteiger partial charge in [-0.3, -0.25) is 10.1 Å². The number of nitrogens with one attached hydrogen (secondary N) is 1. The summed E-state index contributed by atoms with van der Waals surface area (Å²) in [4.78, 5) is 23.4. The van der Waals surface area contributed by atoms with Gasteiger partial charge in [-0.1, -0.05) is 0 Å². The van der Waals surface area contributed by atoms with Crippen molar-refractivity contribution in [2.24, 2.45) is 5.73 Å². The number of nitrogens with two attached hydrogens (primary N) is 1. The second-order valence-corrected chi connectivity index (χ2v) is 2.81. The van der Waals surface area contributed by atoms with E-state index in [0.717, 1.165) is 0 Å². The van der Waals surface area contributed by atoms with Crippen molar-refractivity contribution in [1.82, 2.24) is 10.2 Å². The minimum Gasteiger partial charge on any atom is -0.383 e. The molecule has 0 spiro atoms. The van der Waals surface area contributed by atoms with Gasteiger partial charge in [0.05, 0.1) is 19.2 Å². The van der Waals surface area contributed by atoms with Crippen LogP contribution in [0, 0.1) is 0 Å². The van der Waals surface area contributed by atoms with Crippen molar-refractivity contribution in [1.29, 1.82) is 0 Å². The highest BCUT2D eigenvalue weighted by molar-refractivity contribution is 5.97. The molecule has 0 saturated carbocycles. The minimum absolute atomic E-state index is 0.148. The van der Waals surface area contributed by atoms with Crippen LogP contribution in [-0.2, 0) is 9.53 Å². The zero-order valence-electron chi connectivity index (χ0n) is 7.45. The molecule has 1 heterocycles. The Morgan fingerprint density at radius 3 is 2.92 bits per heavy atom. The first-order chi connectivity index (χ1) is 6.15. The first-order valence-electron chi connectivity index (χ1n) is 4.00. The van der Waals surface area contributed by atoms with Crippen LogP contribution in [0.3, 0.4) is 0 Å². The van der Waals surface area contributed by atoms with E-state index in [4.69, 9.17) is 10.5 Å². The molecule has 0 aromatic carbocycles. The molecular weight excluding hydrogens is 174 g/mol. The lowest BCUT2D eigenvalue weighted by Gasteiger charge is -2.32. The third kappa shape index (κ3) is 2.40. The van der Waals surface area contributed by atoms with Crippen molar-refractivity contribution >= 4 is 11.9 Å². The van der Waals surface area contributed by atoms with E-state index in [0.29, 0.717) is 13.2 Å². The minimum atomic E-state index is -0.531. The fourth-order valence-corrected chi connectivity index (χ4v) is 1.15.